The summed E-state index contributed by atoms with van der Waals surface area (Å²) in [4.78, 5) is 9.65. The first-order chi connectivity index (χ1) is 9.22. The lowest BCUT2D eigenvalue weighted by molar-refractivity contribution is 0.273. The minimum Gasteiger partial charge on any atom is -0.351 e. The molecule has 2 heterocycles. The number of aryl methyl sites for hydroxylation is 1. The Hall–Kier alpha value is -0.300. The van der Waals surface area contributed by atoms with Crippen LogP contribution in [0.1, 0.15) is 36.4 Å². The molecular formula is C15H26IN3S. The summed E-state index contributed by atoms with van der Waals surface area (Å²) in [5.74, 6) is 1.91. The third-order valence-electron chi connectivity index (χ3n) is 3.78. The van der Waals surface area contributed by atoms with Crippen LogP contribution in [0.4, 0.5) is 0 Å². The van der Waals surface area contributed by atoms with E-state index in [1.165, 1.54) is 22.6 Å². The van der Waals surface area contributed by atoms with Gasteiger partial charge in [-0.15, -0.1) is 35.3 Å². The number of hydrogen-bond donors (Lipinski definition) is 1. The summed E-state index contributed by atoms with van der Waals surface area (Å²) in [5.41, 5.74) is 0. The first kappa shape index (κ1) is 17.8. The van der Waals surface area contributed by atoms with Gasteiger partial charge >= 0.3 is 0 Å². The van der Waals surface area contributed by atoms with Crippen molar-refractivity contribution in [3.05, 3.63) is 21.9 Å². The van der Waals surface area contributed by atoms with E-state index >= 15 is 0 Å². The predicted octanol–water partition coefficient (Wildman–Crippen LogP) is 3.74. The van der Waals surface area contributed by atoms with Crippen LogP contribution in [0.5, 0.6) is 0 Å². The van der Waals surface area contributed by atoms with Gasteiger partial charge in [-0.3, -0.25) is 4.99 Å². The Morgan fingerprint density at radius 3 is 2.55 bits per heavy atom. The number of halogens is 1. The van der Waals surface area contributed by atoms with Crippen molar-refractivity contribution in [3.8, 4) is 0 Å². The maximum atomic E-state index is 4.41. The summed E-state index contributed by atoms with van der Waals surface area (Å²) < 4.78 is 0. The molecule has 3 nitrogen and oxygen atoms in total. The first-order valence-corrected chi connectivity index (χ1v) is 8.07. The van der Waals surface area contributed by atoms with Gasteiger partial charge < -0.3 is 10.2 Å². The largest absolute Gasteiger partial charge is 0.351 e. The minimum absolute atomic E-state index is 0. The highest BCUT2D eigenvalue weighted by Gasteiger charge is 2.18. The second kappa shape index (κ2) is 8.87. The predicted molar refractivity (Wildman–Crippen MR) is 99.3 cm³/mol. The first-order valence-electron chi connectivity index (χ1n) is 7.26. The fourth-order valence-electron chi connectivity index (χ4n) is 2.43. The smallest absolute Gasteiger partial charge is 0.193 e. The van der Waals surface area contributed by atoms with Crippen molar-refractivity contribution in [2.24, 2.45) is 10.9 Å². The van der Waals surface area contributed by atoms with Crippen molar-refractivity contribution in [1.82, 2.24) is 10.2 Å². The lowest BCUT2D eigenvalue weighted by Gasteiger charge is -2.32. The summed E-state index contributed by atoms with van der Waals surface area (Å²) >= 11 is 1.90. The van der Waals surface area contributed by atoms with E-state index in [0.717, 1.165) is 37.9 Å². The molecule has 0 aliphatic carbocycles. The molecule has 1 aromatic rings. The molecule has 2 rings (SSSR count). The number of thiophene rings is 1. The summed E-state index contributed by atoms with van der Waals surface area (Å²) in [6.45, 7) is 7.70. The molecule has 0 spiro atoms. The molecule has 1 fully saturated rings. The Labute approximate surface area is 143 Å². The van der Waals surface area contributed by atoms with Crippen LogP contribution in [-0.4, -0.2) is 31.0 Å². The summed E-state index contributed by atoms with van der Waals surface area (Å²) in [5, 5.41) is 3.49. The van der Waals surface area contributed by atoms with E-state index in [1.54, 1.807) is 0 Å². The number of nitrogens with zero attached hydrogens (tertiary/aromatic N) is 2. The Morgan fingerprint density at radius 1 is 1.35 bits per heavy atom. The van der Waals surface area contributed by atoms with Gasteiger partial charge in [0.05, 0.1) is 6.54 Å². The van der Waals surface area contributed by atoms with E-state index in [9.17, 15) is 0 Å². The number of rotatable bonds is 3. The highest BCUT2D eigenvalue weighted by molar-refractivity contribution is 14.0. The van der Waals surface area contributed by atoms with Gasteiger partial charge in [-0.1, -0.05) is 13.8 Å². The molecule has 0 bridgehead atoms. The van der Waals surface area contributed by atoms with E-state index < -0.39 is 0 Å². The van der Waals surface area contributed by atoms with E-state index in [2.05, 4.69) is 41.2 Å². The van der Waals surface area contributed by atoms with Gasteiger partial charge in [0, 0.05) is 29.9 Å². The van der Waals surface area contributed by atoms with Crippen LogP contribution in [0.3, 0.4) is 0 Å². The molecular weight excluding hydrogens is 381 g/mol. The van der Waals surface area contributed by atoms with Gasteiger partial charge in [0.25, 0.3) is 0 Å². The summed E-state index contributed by atoms with van der Waals surface area (Å²) in [6, 6.07) is 4.45. The second-order valence-electron chi connectivity index (χ2n) is 5.29. The van der Waals surface area contributed by atoms with E-state index in [0.29, 0.717) is 0 Å². The molecule has 0 saturated carbocycles. The van der Waals surface area contributed by atoms with Crippen LogP contribution in [0.2, 0.25) is 0 Å². The number of guanidine groups is 1. The van der Waals surface area contributed by atoms with Crippen LogP contribution in [0.25, 0.3) is 0 Å². The molecule has 1 aliphatic heterocycles. The molecule has 0 amide bonds. The van der Waals surface area contributed by atoms with E-state index in [4.69, 9.17) is 0 Å². The van der Waals surface area contributed by atoms with Crippen molar-refractivity contribution in [2.45, 2.75) is 39.7 Å². The van der Waals surface area contributed by atoms with Crippen molar-refractivity contribution in [3.63, 3.8) is 0 Å². The quantitative estimate of drug-likeness (QED) is 0.470. The molecule has 5 heteroatoms. The van der Waals surface area contributed by atoms with E-state index in [1.807, 2.05) is 18.4 Å². The zero-order valence-corrected chi connectivity index (χ0v) is 15.8. The topological polar surface area (TPSA) is 27.6 Å². The molecule has 0 atom stereocenters. The van der Waals surface area contributed by atoms with Gasteiger partial charge in [0.1, 0.15) is 0 Å². The highest BCUT2D eigenvalue weighted by Crippen LogP contribution is 2.18. The average molecular weight is 407 g/mol. The molecule has 114 valence electrons. The molecule has 0 radical (unpaired) electrons. The van der Waals surface area contributed by atoms with Crippen molar-refractivity contribution in [2.75, 3.05) is 20.1 Å². The van der Waals surface area contributed by atoms with Crippen molar-refractivity contribution >= 4 is 41.3 Å². The maximum absolute atomic E-state index is 4.41. The Morgan fingerprint density at radius 2 is 2.00 bits per heavy atom. The lowest BCUT2D eigenvalue weighted by atomic mass is 10.00. The summed E-state index contributed by atoms with van der Waals surface area (Å²) in [7, 11) is 1.88. The molecule has 1 N–H and O–H groups in total. The Kier molecular flexibility index (Phi) is 7.87. The number of hydrogen-bond acceptors (Lipinski definition) is 2. The van der Waals surface area contributed by atoms with Gasteiger partial charge in [0.15, 0.2) is 5.96 Å². The number of piperidine rings is 1. The van der Waals surface area contributed by atoms with Gasteiger partial charge in [-0.2, -0.15) is 0 Å². The molecule has 20 heavy (non-hydrogen) atoms. The van der Waals surface area contributed by atoms with Crippen LogP contribution < -0.4 is 5.32 Å². The monoisotopic (exact) mass is 407 g/mol. The maximum Gasteiger partial charge on any atom is 0.193 e. The van der Waals surface area contributed by atoms with Crippen LogP contribution in [-0.2, 0) is 13.0 Å². The SMILES string of the molecule is CCc1ccc(CNC(=NC)N2CCC(C)CC2)s1.I. The highest BCUT2D eigenvalue weighted by atomic mass is 127. The minimum atomic E-state index is 0. The average Bonchev–Trinajstić information content (AvgIpc) is 2.89. The third-order valence-corrected chi connectivity index (χ3v) is 5.01. The fraction of sp³-hybridized carbons (Fsp3) is 0.667. The van der Waals surface area contributed by atoms with Gasteiger partial charge in [0.2, 0.25) is 0 Å². The molecule has 0 unspecified atom stereocenters. The second-order valence-corrected chi connectivity index (χ2v) is 6.54. The fourth-order valence-corrected chi connectivity index (χ4v) is 3.32. The third kappa shape index (κ3) is 4.91. The van der Waals surface area contributed by atoms with Crippen LogP contribution in [0, 0.1) is 5.92 Å². The Bertz CT molecular complexity index is 423. The number of nitrogens with one attached hydrogen (secondary N) is 1. The van der Waals surface area contributed by atoms with Crippen molar-refractivity contribution < 1.29 is 0 Å². The van der Waals surface area contributed by atoms with Crippen LogP contribution in [0.15, 0.2) is 17.1 Å². The lowest BCUT2D eigenvalue weighted by Crippen LogP contribution is -2.44. The van der Waals surface area contributed by atoms with Crippen molar-refractivity contribution in [1.29, 1.82) is 0 Å². The van der Waals surface area contributed by atoms with Gasteiger partial charge in [-0.25, -0.2) is 0 Å². The summed E-state index contributed by atoms with van der Waals surface area (Å²) in [6.07, 6.45) is 3.68. The number of aliphatic imine (C=N–C) groups is 1. The number of likely N-dealkylation sites (tertiary alicyclic amines) is 1. The molecule has 1 aromatic heterocycles. The molecule has 1 saturated heterocycles. The zero-order chi connectivity index (χ0) is 13.7. The van der Waals surface area contributed by atoms with Gasteiger partial charge in [-0.05, 0) is 37.3 Å². The molecule has 1 aliphatic rings. The van der Waals surface area contributed by atoms with Crippen LogP contribution >= 0.6 is 35.3 Å². The van der Waals surface area contributed by atoms with E-state index in [-0.39, 0.29) is 24.0 Å². The normalized spacial score (nSPS) is 16.9. The molecule has 0 aromatic carbocycles. The standard InChI is InChI=1S/C15H25N3S.HI/c1-4-13-5-6-14(19-13)11-17-15(16-3)18-9-7-12(2)8-10-18;/h5-6,12H,4,7-11H2,1-3H3,(H,16,17);1H. The zero-order valence-electron chi connectivity index (χ0n) is 12.7. The Balaban J connectivity index is 0.00000200.